The van der Waals surface area contributed by atoms with Gasteiger partial charge in [0, 0.05) is 22.7 Å². The van der Waals surface area contributed by atoms with E-state index >= 15 is 0 Å². The molecule has 0 aliphatic carbocycles. The van der Waals surface area contributed by atoms with Crippen LogP contribution < -0.4 is 0 Å². The van der Waals surface area contributed by atoms with Crippen molar-refractivity contribution in [2.75, 3.05) is 6.61 Å². The van der Waals surface area contributed by atoms with E-state index in [1.54, 1.807) is 13.0 Å². The standard InChI is InChI=1S/C15H14N2O2/c1-3-19-15(18)11(2)10-17-7-6-13-8-12(9-16)4-5-14(13)17/h4-8H,2-3,10H2,1H3. The first-order valence-electron chi connectivity index (χ1n) is 5.99. The minimum absolute atomic E-state index is 0.343. The molecule has 4 nitrogen and oxygen atoms in total. The number of aromatic nitrogens is 1. The van der Waals surface area contributed by atoms with E-state index in [4.69, 9.17) is 10.00 Å². The van der Waals surface area contributed by atoms with Gasteiger partial charge in [-0.25, -0.2) is 4.79 Å². The molecule has 19 heavy (non-hydrogen) atoms. The lowest BCUT2D eigenvalue weighted by Gasteiger charge is -2.08. The van der Waals surface area contributed by atoms with Crippen LogP contribution in [0.15, 0.2) is 42.6 Å². The quantitative estimate of drug-likeness (QED) is 0.622. The summed E-state index contributed by atoms with van der Waals surface area (Å²) in [5.74, 6) is -0.377. The van der Waals surface area contributed by atoms with Crippen LogP contribution in [0.25, 0.3) is 10.9 Å². The van der Waals surface area contributed by atoms with Crippen molar-refractivity contribution < 1.29 is 9.53 Å². The number of carbonyl (C=O) groups is 1. The van der Waals surface area contributed by atoms with Crippen LogP contribution >= 0.6 is 0 Å². The van der Waals surface area contributed by atoms with Crippen LogP contribution in [0, 0.1) is 11.3 Å². The molecular weight excluding hydrogens is 240 g/mol. The van der Waals surface area contributed by atoms with Gasteiger partial charge in [-0.15, -0.1) is 0 Å². The monoisotopic (exact) mass is 254 g/mol. The van der Waals surface area contributed by atoms with Gasteiger partial charge in [-0.3, -0.25) is 0 Å². The molecule has 0 spiro atoms. The molecule has 0 aliphatic heterocycles. The fraction of sp³-hybridized carbons (Fsp3) is 0.200. The molecule has 1 heterocycles. The van der Waals surface area contributed by atoms with Crippen LogP contribution in [-0.2, 0) is 16.1 Å². The van der Waals surface area contributed by atoms with Crippen molar-refractivity contribution in [3.05, 3.63) is 48.2 Å². The van der Waals surface area contributed by atoms with Crippen molar-refractivity contribution in [3.63, 3.8) is 0 Å². The minimum atomic E-state index is -0.377. The van der Waals surface area contributed by atoms with E-state index in [0.29, 0.717) is 24.3 Å². The van der Waals surface area contributed by atoms with Gasteiger partial charge in [0.2, 0.25) is 0 Å². The molecule has 0 saturated heterocycles. The lowest BCUT2D eigenvalue weighted by atomic mass is 10.2. The minimum Gasteiger partial charge on any atom is -0.463 e. The molecule has 0 bridgehead atoms. The zero-order valence-corrected chi connectivity index (χ0v) is 10.7. The Morgan fingerprint density at radius 2 is 2.26 bits per heavy atom. The SMILES string of the molecule is C=C(Cn1ccc2cc(C#N)ccc21)C(=O)OCC. The summed E-state index contributed by atoms with van der Waals surface area (Å²) in [6.45, 7) is 6.23. The van der Waals surface area contributed by atoms with Gasteiger partial charge >= 0.3 is 5.97 Å². The highest BCUT2D eigenvalue weighted by molar-refractivity contribution is 5.88. The van der Waals surface area contributed by atoms with Crippen LogP contribution in [-0.4, -0.2) is 17.1 Å². The summed E-state index contributed by atoms with van der Waals surface area (Å²) >= 11 is 0. The number of hydrogen-bond donors (Lipinski definition) is 0. The summed E-state index contributed by atoms with van der Waals surface area (Å²) < 4.78 is 6.82. The molecule has 0 unspecified atom stereocenters. The van der Waals surface area contributed by atoms with Crippen molar-refractivity contribution in [3.8, 4) is 6.07 Å². The summed E-state index contributed by atoms with van der Waals surface area (Å²) in [6.07, 6.45) is 1.87. The first-order chi connectivity index (χ1) is 9.15. The summed E-state index contributed by atoms with van der Waals surface area (Å²) in [4.78, 5) is 11.5. The number of carbonyl (C=O) groups excluding carboxylic acids is 1. The Labute approximate surface area is 111 Å². The first-order valence-corrected chi connectivity index (χ1v) is 5.99. The normalized spacial score (nSPS) is 10.1. The molecular formula is C15H14N2O2. The number of fused-ring (bicyclic) bond motifs is 1. The highest BCUT2D eigenvalue weighted by atomic mass is 16.5. The van der Waals surface area contributed by atoms with E-state index in [2.05, 4.69) is 12.6 Å². The number of esters is 1. The maximum absolute atomic E-state index is 11.5. The van der Waals surface area contributed by atoms with Crippen molar-refractivity contribution in [2.45, 2.75) is 13.5 Å². The van der Waals surface area contributed by atoms with Gasteiger partial charge in [-0.05, 0) is 31.2 Å². The Morgan fingerprint density at radius 3 is 2.95 bits per heavy atom. The lowest BCUT2D eigenvalue weighted by molar-refractivity contribution is -0.138. The van der Waals surface area contributed by atoms with E-state index in [9.17, 15) is 4.79 Å². The zero-order valence-electron chi connectivity index (χ0n) is 10.7. The van der Waals surface area contributed by atoms with Crippen molar-refractivity contribution in [1.82, 2.24) is 4.57 Å². The number of nitrogens with zero attached hydrogens (tertiary/aromatic N) is 2. The molecule has 2 aromatic rings. The molecule has 0 atom stereocenters. The third kappa shape index (κ3) is 2.66. The van der Waals surface area contributed by atoms with Crippen molar-refractivity contribution in [2.24, 2.45) is 0 Å². The molecule has 96 valence electrons. The smallest absolute Gasteiger partial charge is 0.335 e. The Morgan fingerprint density at radius 1 is 1.47 bits per heavy atom. The van der Waals surface area contributed by atoms with Gasteiger partial charge < -0.3 is 9.30 Å². The molecule has 0 aliphatic rings. The topological polar surface area (TPSA) is 55.0 Å². The average Bonchev–Trinajstić information content (AvgIpc) is 2.81. The predicted molar refractivity (Wildman–Crippen MR) is 72.4 cm³/mol. The summed E-state index contributed by atoms with van der Waals surface area (Å²) in [5.41, 5.74) is 1.99. The molecule has 0 radical (unpaired) electrons. The average molecular weight is 254 g/mol. The second kappa shape index (κ2) is 5.40. The maximum Gasteiger partial charge on any atom is 0.335 e. The van der Waals surface area contributed by atoms with E-state index in [-0.39, 0.29) is 5.97 Å². The van der Waals surface area contributed by atoms with E-state index in [0.717, 1.165) is 10.9 Å². The van der Waals surface area contributed by atoms with Crippen molar-refractivity contribution in [1.29, 1.82) is 5.26 Å². The molecule has 2 rings (SSSR count). The molecule has 0 amide bonds. The van der Waals surface area contributed by atoms with E-state index < -0.39 is 0 Å². The fourth-order valence-corrected chi connectivity index (χ4v) is 1.91. The van der Waals surface area contributed by atoms with Gasteiger partial charge in [0.15, 0.2) is 0 Å². The van der Waals surface area contributed by atoms with Crippen molar-refractivity contribution >= 4 is 16.9 Å². The highest BCUT2D eigenvalue weighted by Crippen LogP contribution is 2.18. The number of hydrogen-bond acceptors (Lipinski definition) is 3. The van der Waals surface area contributed by atoms with Crippen LogP contribution in [0.2, 0.25) is 0 Å². The Balaban J connectivity index is 2.25. The first kappa shape index (κ1) is 12.9. The van der Waals surface area contributed by atoms with E-state index in [1.165, 1.54) is 0 Å². The van der Waals surface area contributed by atoms with Crippen LogP contribution in [0.3, 0.4) is 0 Å². The number of rotatable bonds is 4. The Kier molecular flexibility index (Phi) is 3.67. The van der Waals surface area contributed by atoms with Gasteiger partial charge in [-0.1, -0.05) is 6.58 Å². The van der Waals surface area contributed by atoms with Crippen LogP contribution in [0.5, 0.6) is 0 Å². The summed E-state index contributed by atoms with van der Waals surface area (Å²) in [7, 11) is 0. The summed E-state index contributed by atoms with van der Waals surface area (Å²) in [6, 6.07) is 9.46. The van der Waals surface area contributed by atoms with Gasteiger partial charge in [-0.2, -0.15) is 5.26 Å². The molecule has 1 aromatic heterocycles. The van der Waals surface area contributed by atoms with E-state index in [1.807, 2.05) is 29.0 Å². The molecule has 4 heteroatoms. The zero-order chi connectivity index (χ0) is 13.8. The number of benzene rings is 1. The molecule has 1 aromatic carbocycles. The summed E-state index contributed by atoms with van der Waals surface area (Å²) in [5, 5.41) is 9.82. The largest absolute Gasteiger partial charge is 0.463 e. The van der Waals surface area contributed by atoms with Crippen LogP contribution in [0.1, 0.15) is 12.5 Å². The fourth-order valence-electron chi connectivity index (χ4n) is 1.91. The third-order valence-corrected chi connectivity index (χ3v) is 2.83. The Bertz CT molecular complexity index is 677. The molecule has 0 N–H and O–H groups in total. The lowest BCUT2D eigenvalue weighted by Crippen LogP contribution is -2.11. The number of nitriles is 1. The maximum atomic E-state index is 11.5. The Hall–Kier alpha value is -2.54. The third-order valence-electron chi connectivity index (χ3n) is 2.83. The van der Waals surface area contributed by atoms with Crippen LogP contribution in [0.4, 0.5) is 0 Å². The predicted octanol–water partition coefficient (Wildman–Crippen LogP) is 2.63. The van der Waals surface area contributed by atoms with Gasteiger partial charge in [0.05, 0.1) is 24.8 Å². The van der Waals surface area contributed by atoms with Gasteiger partial charge in [0.25, 0.3) is 0 Å². The highest BCUT2D eigenvalue weighted by Gasteiger charge is 2.10. The second-order valence-corrected chi connectivity index (χ2v) is 4.15. The van der Waals surface area contributed by atoms with Gasteiger partial charge in [0.1, 0.15) is 0 Å². The second-order valence-electron chi connectivity index (χ2n) is 4.15. The number of ether oxygens (including phenoxy) is 1. The molecule has 0 saturated carbocycles. The molecule has 0 fully saturated rings.